The number of hydrogen-bond donors (Lipinski definition) is 2. The number of rotatable bonds is 6. The molecule has 0 radical (unpaired) electrons. The molecular weight excluding hydrogens is 343 g/mol. The van der Waals surface area contributed by atoms with Crippen LogP contribution in [0, 0.1) is 5.82 Å². The molecule has 3 N–H and O–H groups in total. The van der Waals surface area contributed by atoms with Crippen LogP contribution in [-0.2, 0) is 21.4 Å². The summed E-state index contributed by atoms with van der Waals surface area (Å²) in [7, 11) is -2.71. The lowest BCUT2D eigenvalue weighted by Gasteiger charge is -2.12. The molecule has 0 saturated heterocycles. The van der Waals surface area contributed by atoms with Gasteiger partial charge in [-0.25, -0.2) is 14.5 Å². The number of benzene rings is 1. The molecule has 0 aliphatic heterocycles. The van der Waals surface area contributed by atoms with Gasteiger partial charge >= 0.3 is 0 Å². The normalized spacial score (nSPS) is 11.7. The van der Waals surface area contributed by atoms with Gasteiger partial charge in [-0.2, -0.15) is 12.7 Å². The maximum Gasteiger partial charge on any atom is 0.277 e. The number of hydrogen-bond acceptors (Lipinski definition) is 5. The van der Waals surface area contributed by atoms with Crippen LogP contribution in [0.1, 0.15) is 10.4 Å². The van der Waals surface area contributed by atoms with Crippen molar-refractivity contribution in [1.82, 2.24) is 9.29 Å². The highest BCUT2D eigenvalue weighted by atomic mass is 32.2. The van der Waals surface area contributed by atoms with Gasteiger partial charge in [-0.1, -0.05) is 12.1 Å². The van der Waals surface area contributed by atoms with Crippen LogP contribution in [0.15, 0.2) is 30.5 Å². The first kappa shape index (κ1) is 17.5. The zero-order valence-electron chi connectivity index (χ0n) is 12.2. The van der Waals surface area contributed by atoms with E-state index in [1.165, 1.54) is 30.5 Å². The molecule has 1 aromatic heterocycles. The lowest BCUT2D eigenvalue weighted by atomic mass is 10.1. The average Bonchev–Trinajstić information content (AvgIpc) is 2.84. The number of nitrogens with zero attached hydrogens (tertiary/aromatic N) is 2. The Morgan fingerprint density at radius 2 is 2.22 bits per heavy atom. The number of anilines is 1. The van der Waals surface area contributed by atoms with E-state index < -0.39 is 22.7 Å². The summed E-state index contributed by atoms with van der Waals surface area (Å²) in [6, 6.07) is 6.21. The monoisotopic (exact) mass is 358 g/mol. The van der Waals surface area contributed by atoms with Crippen LogP contribution in [0.4, 0.5) is 9.52 Å². The minimum atomic E-state index is -3.91. The van der Waals surface area contributed by atoms with Crippen LogP contribution in [0.3, 0.4) is 0 Å². The summed E-state index contributed by atoms with van der Waals surface area (Å²) in [6.07, 6.45) is 2.07. The molecule has 1 amide bonds. The molecule has 0 fully saturated rings. The van der Waals surface area contributed by atoms with E-state index >= 15 is 0 Å². The van der Waals surface area contributed by atoms with Crippen LogP contribution in [-0.4, -0.2) is 37.2 Å². The summed E-state index contributed by atoms with van der Waals surface area (Å²) in [5.74, 6) is -0.861. The highest BCUT2D eigenvalue weighted by molar-refractivity contribution is 7.86. The van der Waals surface area contributed by atoms with E-state index in [1.54, 1.807) is 18.3 Å². The Labute approximate surface area is 137 Å². The number of carbonyl (C=O) groups is 1. The van der Waals surface area contributed by atoms with Crippen LogP contribution in [0.25, 0.3) is 0 Å². The van der Waals surface area contributed by atoms with E-state index in [2.05, 4.69) is 10.3 Å². The first-order valence-corrected chi connectivity index (χ1v) is 8.79. The van der Waals surface area contributed by atoms with Crippen LogP contribution >= 0.6 is 11.3 Å². The summed E-state index contributed by atoms with van der Waals surface area (Å²) >= 11 is 1.23. The molecule has 7 nitrogen and oxygen atoms in total. The summed E-state index contributed by atoms with van der Waals surface area (Å²) in [6.45, 7) is -0.405. The zero-order chi connectivity index (χ0) is 17.0. The Hall–Kier alpha value is -1.88. The second kappa shape index (κ2) is 7.13. The van der Waals surface area contributed by atoms with Gasteiger partial charge in [-0.15, -0.1) is 11.3 Å². The predicted octanol–water partition coefficient (Wildman–Crippen LogP) is 0.947. The number of nitrogens with one attached hydrogen (secondary N) is 1. The maximum absolute atomic E-state index is 13.1. The molecule has 0 aliphatic rings. The molecule has 2 rings (SSSR count). The van der Waals surface area contributed by atoms with Gasteiger partial charge in [0.05, 0.1) is 6.54 Å². The molecule has 0 unspecified atom stereocenters. The highest BCUT2D eigenvalue weighted by Crippen LogP contribution is 2.21. The lowest BCUT2D eigenvalue weighted by molar-refractivity contribution is -0.116. The van der Waals surface area contributed by atoms with Crippen molar-refractivity contribution >= 4 is 32.6 Å². The van der Waals surface area contributed by atoms with Crippen molar-refractivity contribution in [1.29, 1.82) is 0 Å². The number of likely N-dealkylation sites (N-methyl/N-ethyl adjacent to an activating group) is 1. The van der Waals surface area contributed by atoms with Crippen LogP contribution in [0.2, 0.25) is 0 Å². The van der Waals surface area contributed by atoms with E-state index in [-0.39, 0.29) is 5.82 Å². The van der Waals surface area contributed by atoms with Gasteiger partial charge in [0.1, 0.15) is 5.82 Å². The Kier molecular flexibility index (Phi) is 5.42. The van der Waals surface area contributed by atoms with Gasteiger partial charge in [0.2, 0.25) is 5.91 Å². The molecular formula is C13H15FN4O3S2. The average molecular weight is 358 g/mol. The Bertz CT molecular complexity index is 807. The van der Waals surface area contributed by atoms with Gasteiger partial charge < -0.3 is 5.32 Å². The van der Waals surface area contributed by atoms with Crippen LogP contribution < -0.4 is 10.5 Å². The summed E-state index contributed by atoms with van der Waals surface area (Å²) in [4.78, 5) is 16.6. The smallest absolute Gasteiger partial charge is 0.277 e. The third-order valence-corrected chi connectivity index (χ3v) is 4.78. The van der Waals surface area contributed by atoms with Gasteiger partial charge in [0.15, 0.2) is 5.13 Å². The molecule has 1 aromatic carbocycles. The lowest BCUT2D eigenvalue weighted by Crippen LogP contribution is -2.38. The number of amides is 1. The van der Waals surface area contributed by atoms with Crippen molar-refractivity contribution in [3.05, 3.63) is 46.7 Å². The molecule has 0 saturated carbocycles. The second-order valence-corrected chi connectivity index (χ2v) is 7.56. The quantitative estimate of drug-likeness (QED) is 0.802. The number of nitrogens with two attached hydrogens (primary N) is 1. The van der Waals surface area contributed by atoms with Gasteiger partial charge in [-0.3, -0.25) is 4.79 Å². The molecule has 124 valence electrons. The third kappa shape index (κ3) is 5.36. The molecule has 0 atom stereocenters. The van der Waals surface area contributed by atoms with Crippen molar-refractivity contribution in [2.24, 2.45) is 5.14 Å². The summed E-state index contributed by atoms with van der Waals surface area (Å²) in [5.41, 5.74) is 0.792. The van der Waals surface area contributed by atoms with E-state index in [0.717, 1.165) is 14.7 Å². The van der Waals surface area contributed by atoms with Gasteiger partial charge in [0, 0.05) is 24.5 Å². The first-order chi connectivity index (χ1) is 10.7. The first-order valence-electron chi connectivity index (χ1n) is 6.47. The summed E-state index contributed by atoms with van der Waals surface area (Å²) in [5, 5.41) is 7.73. The fourth-order valence-corrected chi connectivity index (χ4v) is 2.91. The number of halogens is 1. The Morgan fingerprint density at radius 3 is 2.87 bits per heavy atom. The number of thiazole rings is 1. The van der Waals surface area contributed by atoms with E-state index in [1.807, 2.05) is 0 Å². The van der Waals surface area contributed by atoms with Crippen molar-refractivity contribution in [2.75, 3.05) is 18.9 Å². The highest BCUT2D eigenvalue weighted by Gasteiger charge is 2.16. The van der Waals surface area contributed by atoms with Gasteiger partial charge in [-0.05, 0) is 17.7 Å². The molecule has 0 bridgehead atoms. The summed E-state index contributed by atoms with van der Waals surface area (Å²) < 4.78 is 35.9. The zero-order valence-corrected chi connectivity index (χ0v) is 13.8. The standard InChI is InChI=1S/C13H15FN4O3S2/c1-18(23(15,20)21)8-12(19)17-13-16-7-11(22-13)6-9-3-2-4-10(14)5-9/h2-5,7H,6,8H2,1H3,(H2,15,20,21)(H,16,17,19). The molecule has 1 heterocycles. The fourth-order valence-electron chi connectivity index (χ4n) is 1.75. The van der Waals surface area contributed by atoms with Crippen molar-refractivity contribution in [3.8, 4) is 0 Å². The number of carbonyl (C=O) groups excluding carboxylic acids is 1. The molecule has 0 spiro atoms. The van der Waals surface area contributed by atoms with Crippen molar-refractivity contribution in [2.45, 2.75) is 6.42 Å². The molecule has 10 heteroatoms. The molecule has 0 aliphatic carbocycles. The van der Waals surface area contributed by atoms with E-state index in [4.69, 9.17) is 5.14 Å². The molecule has 2 aromatic rings. The number of aromatic nitrogens is 1. The van der Waals surface area contributed by atoms with Crippen molar-refractivity contribution in [3.63, 3.8) is 0 Å². The fraction of sp³-hybridized carbons (Fsp3) is 0.231. The minimum absolute atomic E-state index is 0.313. The SMILES string of the molecule is CN(CC(=O)Nc1ncc(Cc2cccc(F)c2)s1)S(N)(=O)=O. The minimum Gasteiger partial charge on any atom is -0.301 e. The Balaban J connectivity index is 1.96. The maximum atomic E-state index is 13.1. The van der Waals surface area contributed by atoms with Crippen LogP contribution in [0.5, 0.6) is 0 Å². The Morgan fingerprint density at radius 1 is 1.48 bits per heavy atom. The van der Waals surface area contributed by atoms with E-state index in [0.29, 0.717) is 11.6 Å². The third-order valence-electron chi connectivity index (χ3n) is 2.87. The largest absolute Gasteiger partial charge is 0.301 e. The van der Waals surface area contributed by atoms with Crippen molar-refractivity contribution < 1.29 is 17.6 Å². The molecule has 23 heavy (non-hydrogen) atoms. The second-order valence-electron chi connectivity index (χ2n) is 4.79. The van der Waals surface area contributed by atoms with E-state index in [9.17, 15) is 17.6 Å². The van der Waals surface area contributed by atoms with Gasteiger partial charge in [0.25, 0.3) is 10.2 Å². The topological polar surface area (TPSA) is 105 Å². The predicted molar refractivity (Wildman–Crippen MR) is 85.7 cm³/mol.